The van der Waals surface area contributed by atoms with Gasteiger partial charge in [-0.3, -0.25) is 0 Å². The van der Waals surface area contributed by atoms with Crippen molar-refractivity contribution in [2.24, 2.45) is 0 Å². The first-order chi connectivity index (χ1) is 13.7. The van der Waals surface area contributed by atoms with E-state index in [2.05, 4.69) is 52.5 Å². The van der Waals surface area contributed by atoms with Crippen molar-refractivity contribution in [1.29, 1.82) is 0 Å². The second kappa shape index (κ2) is 7.72. The third kappa shape index (κ3) is 4.59. The molecule has 166 valence electrons. The largest absolute Gasteiger partial charge is 0.496 e. The van der Waals surface area contributed by atoms with Crippen LogP contribution in [0.5, 0.6) is 0 Å². The Bertz CT molecular complexity index is 790. The number of anilines is 1. The van der Waals surface area contributed by atoms with Gasteiger partial charge in [-0.1, -0.05) is 0 Å². The molecule has 1 atom stereocenters. The van der Waals surface area contributed by atoms with Gasteiger partial charge in [0.05, 0.1) is 11.2 Å². The standard InChI is InChI=1S/C22H36BN3O4/c1-15-12-18(24-13-17(15)23-29-21(6,7)22(8,9)30-23)26-11-10-25(14-16(26)2)19(27)28-20(3,4)5/h12-13,16H,10-11,14H2,1-9H3. The monoisotopic (exact) mass is 417 g/mol. The molecule has 0 N–H and O–H groups in total. The van der Waals surface area contributed by atoms with Crippen LogP contribution < -0.4 is 10.4 Å². The number of carbonyl (C=O) groups excluding carboxylic acids is 1. The number of rotatable bonds is 2. The lowest BCUT2D eigenvalue weighted by Gasteiger charge is -2.41. The van der Waals surface area contributed by atoms with Crippen molar-refractivity contribution in [2.75, 3.05) is 24.5 Å². The number of amides is 1. The van der Waals surface area contributed by atoms with Gasteiger partial charge in [-0.15, -0.1) is 0 Å². The smallest absolute Gasteiger partial charge is 0.444 e. The minimum Gasteiger partial charge on any atom is -0.444 e. The molecule has 7 nitrogen and oxygen atoms in total. The predicted octanol–water partition coefficient (Wildman–Crippen LogP) is 3.13. The van der Waals surface area contributed by atoms with E-state index in [-0.39, 0.29) is 23.3 Å². The summed E-state index contributed by atoms with van der Waals surface area (Å²) in [5.74, 6) is 0.907. The van der Waals surface area contributed by atoms with E-state index in [4.69, 9.17) is 19.0 Å². The van der Waals surface area contributed by atoms with Crippen LogP contribution in [-0.2, 0) is 14.0 Å². The molecule has 30 heavy (non-hydrogen) atoms. The lowest BCUT2D eigenvalue weighted by atomic mass is 9.77. The minimum atomic E-state index is -0.487. The number of hydrogen-bond acceptors (Lipinski definition) is 6. The van der Waals surface area contributed by atoms with Gasteiger partial charge in [-0.05, 0) is 73.9 Å². The number of ether oxygens (including phenoxy) is 1. The number of pyridine rings is 1. The molecule has 2 aliphatic rings. The van der Waals surface area contributed by atoms with Gasteiger partial charge < -0.3 is 23.8 Å². The van der Waals surface area contributed by atoms with Gasteiger partial charge in [0.15, 0.2) is 0 Å². The van der Waals surface area contributed by atoms with Crippen molar-refractivity contribution in [2.45, 2.75) is 85.2 Å². The maximum atomic E-state index is 12.4. The fraction of sp³-hybridized carbons (Fsp3) is 0.727. The van der Waals surface area contributed by atoms with Crippen molar-refractivity contribution < 1.29 is 18.8 Å². The number of aryl methyl sites for hydroxylation is 1. The molecule has 1 amide bonds. The third-order valence-corrected chi connectivity index (χ3v) is 6.22. The normalized spacial score (nSPS) is 23.6. The van der Waals surface area contributed by atoms with E-state index in [0.717, 1.165) is 16.8 Å². The molecule has 2 aliphatic heterocycles. The van der Waals surface area contributed by atoms with Gasteiger partial charge >= 0.3 is 13.2 Å². The molecule has 0 radical (unpaired) electrons. The van der Waals surface area contributed by atoms with Crippen molar-refractivity contribution in [1.82, 2.24) is 9.88 Å². The number of hydrogen-bond donors (Lipinski definition) is 0. The van der Waals surface area contributed by atoms with Crippen LogP contribution in [0.1, 0.15) is 61.0 Å². The molecule has 0 aromatic carbocycles. The average Bonchev–Trinajstić information content (AvgIpc) is 2.80. The molecule has 8 heteroatoms. The number of aromatic nitrogens is 1. The van der Waals surface area contributed by atoms with E-state index >= 15 is 0 Å². The lowest BCUT2D eigenvalue weighted by Crippen LogP contribution is -2.55. The Kier molecular flexibility index (Phi) is 5.88. The zero-order valence-electron chi connectivity index (χ0n) is 19.9. The number of piperazine rings is 1. The van der Waals surface area contributed by atoms with Gasteiger partial charge in [-0.25, -0.2) is 9.78 Å². The van der Waals surface area contributed by atoms with Crippen molar-refractivity contribution in [3.05, 3.63) is 17.8 Å². The molecule has 2 fully saturated rings. The van der Waals surface area contributed by atoms with E-state index in [0.29, 0.717) is 19.6 Å². The molecule has 3 rings (SSSR count). The molecule has 0 aliphatic carbocycles. The maximum absolute atomic E-state index is 12.4. The Morgan fingerprint density at radius 2 is 1.80 bits per heavy atom. The molecule has 3 heterocycles. The summed E-state index contributed by atoms with van der Waals surface area (Å²) in [6.45, 7) is 20.0. The quantitative estimate of drug-likeness (QED) is 0.689. The highest BCUT2D eigenvalue weighted by Crippen LogP contribution is 2.36. The first-order valence-corrected chi connectivity index (χ1v) is 10.8. The summed E-state index contributed by atoms with van der Waals surface area (Å²) in [4.78, 5) is 21.1. The van der Waals surface area contributed by atoms with Crippen LogP contribution in [0.25, 0.3) is 0 Å². The summed E-state index contributed by atoms with van der Waals surface area (Å²) in [6, 6.07) is 2.22. The summed E-state index contributed by atoms with van der Waals surface area (Å²) in [5, 5.41) is 0. The molecule has 0 bridgehead atoms. The molecule has 2 saturated heterocycles. The molecule has 0 spiro atoms. The van der Waals surface area contributed by atoms with Gasteiger partial charge in [0.25, 0.3) is 0 Å². The lowest BCUT2D eigenvalue weighted by molar-refractivity contribution is 0.00578. The van der Waals surface area contributed by atoms with Crippen LogP contribution in [0.3, 0.4) is 0 Å². The molecule has 0 saturated carbocycles. The Morgan fingerprint density at radius 3 is 2.30 bits per heavy atom. The first kappa shape index (κ1) is 22.9. The fourth-order valence-electron chi connectivity index (χ4n) is 3.72. The highest BCUT2D eigenvalue weighted by molar-refractivity contribution is 6.62. The van der Waals surface area contributed by atoms with Crippen LogP contribution in [0, 0.1) is 6.92 Å². The Morgan fingerprint density at radius 1 is 1.20 bits per heavy atom. The summed E-state index contributed by atoms with van der Waals surface area (Å²) < 4.78 is 17.9. The zero-order chi connectivity index (χ0) is 22.5. The molecule has 1 aromatic rings. The van der Waals surface area contributed by atoms with Crippen LogP contribution in [-0.4, -0.2) is 65.6 Å². The number of carbonyl (C=O) groups is 1. The van der Waals surface area contributed by atoms with Gasteiger partial charge in [0, 0.05) is 37.3 Å². The average molecular weight is 417 g/mol. The summed E-state index contributed by atoms with van der Waals surface area (Å²) >= 11 is 0. The van der Waals surface area contributed by atoms with Gasteiger partial charge in [-0.2, -0.15) is 0 Å². The molecule has 1 unspecified atom stereocenters. The summed E-state index contributed by atoms with van der Waals surface area (Å²) in [5.41, 5.74) is 0.794. The summed E-state index contributed by atoms with van der Waals surface area (Å²) in [6.07, 6.45) is 1.61. The zero-order valence-corrected chi connectivity index (χ0v) is 19.9. The highest BCUT2D eigenvalue weighted by Gasteiger charge is 2.52. The maximum Gasteiger partial charge on any atom is 0.496 e. The molecular weight excluding hydrogens is 381 g/mol. The Balaban J connectivity index is 1.70. The fourth-order valence-corrected chi connectivity index (χ4v) is 3.72. The SMILES string of the molecule is Cc1cc(N2CCN(C(=O)OC(C)(C)C)CC2C)ncc1B1OC(C)(C)C(C)(C)O1. The first-order valence-electron chi connectivity index (χ1n) is 10.8. The Labute approximate surface area is 181 Å². The van der Waals surface area contributed by atoms with E-state index in [1.54, 1.807) is 4.90 Å². The minimum absolute atomic E-state index is 0.140. The van der Waals surface area contributed by atoms with Crippen LogP contribution >= 0.6 is 0 Å². The second-order valence-electron chi connectivity index (χ2n) is 10.5. The topological polar surface area (TPSA) is 64.1 Å². The molecule has 1 aromatic heterocycles. The van der Waals surface area contributed by atoms with Crippen molar-refractivity contribution >= 4 is 24.5 Å². The Hall–Kier alpha value is -1.80. The van der Waals surface area contributed by atoms with E-state index < -0.39 is 12.7 Å². The van der Waals surface area contributed by atoms with Crippen molar-refractivity contribution in [3.8, 4) is 0 Å². The highest BCUT2D eigenvalue weighted by atomic mass is 16.7. The number of nitrogens with zero attached hydrogens (tertiary/aromatic N) is 3. The predicted molar refractivity (Wildman–Crippen MR) is 119 cm³/mol. The van der Waals surface area contributed by atoms with Gasteiger partial charge in [0.2, 0.25) is 0 Å². The third-order valence-electron chi connectivity index (χ3n) is 6.22. The molecular formula is C22H36BN3O4. The van der Waals surface area contributed by atoms with Crippen LogP contribution in [0.15, 0.2) is 12.3 Å². The van der Waals surface area contributed by atoms with Crippen molar-refractivity contribution in [3.63, 3.8) is 0 Å². The van der Waals surface area contributed by atoms with E-state index in [1.165, 1.54) is 0 Å². The van der Waals surface area contributed by atoms with Crippen LogP contribution in [0.4, 0.5) is 10.6 Å². The van der Waals surface area contributed by atoms with Crippen LogP contribution in [0.2, 0.25) is 0 Å². The second-order valence-corrected chi connectivity index (χ2v) is 10.5. The summed E-state index contributed by atoms with van der Waals surface area (Å²) in [7, 11) is -0.419. The van der Waals surface area contributed by atoms with E-state index in [1.807, 2.05) is 27.0 Å². The van der Waals surface area contributed by atoms with E-state index in [9.17, 15) is 4.79 Å². The van der Waals surface area contributed by atoms with Gasteiger partial charge in [0.1, 0.15) is 11.4 Å².